The van der Waals surface area contributed by atoms with Crippen molar-refractivity contribution in [2.24, 2.45) is 0 Å². The summed E-state index contributed by atoms with van der Waals surface area (Å²) in [4.78, 5) is 4.64. The van der Waals surface area contributed by atoms with Crippen molar-refractivity contribution >= 4 is 0 Å². The monoisotopic (exact) mass is 181 g/mol. The van der Waals surface area contributed by atoms with Crippen molar-refractivity contribution in [1.29, 1.82) is 5.26 Å². The van der Waals surface area contributed by atoms with Crippen LogP contribution in [0.5, 0.6) is 0 Å². The lowest BCUT2D eigenvalue weighted by molar-refractivity contribution is 0.236. The molecule has 1 saturated carbocycles. The second-order valence-electron chi connectivity index (χ2n) is 3.98. The van der Waals surface area contributed by atoms with Crippen LogP contribution in [0.25, 0.3) is 0 Å². The third-order valence-electron chi connectivity index (χ3n) is 2.41. The Morgan fingerprint density at radius 3 is 2.38 bits per heavy atom. The van der Waals surface area contributed by atoms with Crippen molar-refractivity contribution < 1.29 is 0 Å². The maximum Gasteiger partial charge on any atom is 0.0635 e. The van der Waals surface area contributed by atoms with E-state index in [-0.39, 0.29) is 0 Å². The van der Waals surface area contributed by atoms with Crippen molar-refractivity contribution in [2.45, 2.75) is 25.3 Å². The number of hydrogen-bond donors (Lipinski definition) is 0. The second kappa shape index (κ2) is 5.21. The van der Waals surface area contributed by atoms with E-state index in [0.29, 0.717) is 6.42 Å². The molecule has 0 atom stereocenters. The summed E-state index contributed by atoms with van der Waals surface area (Å²) >= 11 is 0. The summed E-state index contributed by atoms with van der Waals surface area (Å²) in [7, 11) is 4.19. The highest BCUT2D eigenvalue weighted by Crippen LogP contribution is 2.26. The van der Waals surface area contributed by atoms with Gasteiger partial charge in [-0.2, -0.15) is 5.26 Å². The van der Waals surface area contributed by atoms with Crippen LogP contribution in [0.2, 0.25) is 0 Å². The van der Waals surface area contributed by atoms with Gasteiger partial charge in [-0.05, 0) is 26.9 Å². The molecular formula is C10H19N3. The summed E-state index contributed by atoms with van der Waals surface area (Å²) in [6.07, 6.45) is 3.33. The maximum atomic E-state index is 8.51. The Morgan fingerprint density at radius 1 is 1.23 bits per heavy atom. The summed E-state index contributed by atoms with van der Waals surface area (Å²) in [5, 5.41) is 8.51. The number of nitrogens with zero attached hydrogens (tertiary/aromatic N) is 3. The van der Waals surface area contributed by atoms with E-state index in [0.717, 1.165) is 25.7 Å². The van der Waals surface area contributed by atoms with Crippen LogP contribution in [0.4, 0.5) is 0 Å². The van der Waals surface area contributed by atoms with E-state index in [4.69, 9.17) is 5.26 Å². The average Bonchev–Trinajstić information content (AvgIpc) is 2.87. The molecule has 0 spiro atoms. The SMILES string of the molecule is CN(C)CCN(CCC#N)C1CC1. The van der Waals surface area contributed by atoms with Crippen molar-refractivity contribution in [2.75, 3.05) is 33.7 Å². The zero-order chi connectivity index (χ0) is 9.68. The van der Waals surface area contributed by atoms with E-state index in [1.807, 2.05) is 0 Å². The minimum absolute atomic E-state index is 0.671. The molecule has 0 aromatic rings. The summed E-state index contributed by atoms with van der Waals surface area (Å²) in [5.41, 5.74) is 0. The molecule has 3 heteroatoms. The zero-order valence-electron chi connectivity index (χ0n) is 8.66. The van der Waals surface area contributed by atoms with Crippen LogP contribution in [-0.2, 0) is 0 Å². The van der Waals surface area contributed by atoms with E-state index in [2.05, 4.69) is 30.0 Å². The lowest BCUT2D eigenvalue weighted by atomic mass is 10.3. The molecule has 1 aliphatic carbocycles. The first-order valence-corrected chi connectivity index (χ1v) is 4.99. The van der Waals surface area contributed by atoms with Crippen molar-refractivity contribution in [3.63, 3.8) is 0 Å². The Morgan fingerprint density at radius 2 is 1.92 bits per heavy atom. The first kappa shape index (κ1) is 10.5. The molecule has 0 aliphatic heterocycles. The van der Waals surface area contributed by atoms with Gasteiger partial charge in [0.25, 0.3) is 0 Å². The van der Waals surface area contributed by atoms with Crippen LogP contribution in [-0.4, -0.2) is 49.6 Å². The second-order valence-corrected chi connectivity index (χ2v) is 3.98. The highest BCUT2D eigenvalue weighted by molar-refractivity contribution is 4.86. The molecule has 13 heavy (non-hydrogen) atoms. The summed E-state index contributed by atoms with van der Waals surface area (Å²) in [6, 6.07) is 3.00. The third-order valence-corrected chi connectivity index (χ3v) is 2.41. The average molecular weight is 181 g/mol. The van der Waals surface area contributed by atoms with Crippen LogP contribution in [0, 0.1) is 11.3 Å². The maximum absolute atomic E-state index is 8.51. The quantitative estimate of drug-likeness (QED) is 0.610. The van der Waals surface area contributed by atoms with Crippen LogP contribution in [0.15, 0.2) is 0 Å². The Balaban J connectivity index is 2.18. The van der Waals surface area contributed by atoms with E-state index in [1.54, 1.807) is 0 Å². The smallest absolute Gasteiger partial charge is 0.0635 e. The standard InChI is InChI=1S/C10H19N3/c1-12(2)8-9-13(7-3-6-11)10-4-5-10/h10H,3-5,7-9H2,1-2H3. The number of nitriles is 1. The molecule has 3 nitrogen and oxygen atoms in total. The van der Waals surface area contributed by atoms with Gasteiger partial charge in [0, 0.05) is 32.1 Å². The molecule has 0 radical (unpaired) electrons. The molecule has 0 unspecified atom stereocenters. The molecule has 0 aromatic carbocycles. The highest BCUT2D eigenvalue weighted by Gasteiger charge is 2.27. The largest absolute Gasteiger partial charge is 0.308 e. The van der Waals surface area contributed by atoms with Crippen LogP contribution in [0.1, 0.15) is 19.3 Å². The minimum atomic E-state index is 0.671. The normalized spacial score (nSPS) is 16.5. The van der Waals surface area contributed by atoms with Gasteiger partial charge in [-0.3, -0.25) is 4.90 Å². The topological polar surface area (TPSA) is 30.3 Å². The Labute approximate surface area is 80.9 Å². The molecule has 1 rings (SSSR count). The highest BCUT2D eigenvalue weighted by atomic mass is 15.2. The molecule has 0 bridgehead atoms. The van der Waals surface area contributed by atoms with E-state index in [1.165, 1.54) is 12.8 Å². The van der Waals surface area contributed by atoms with Crippen LogP contribution in [0.3, 0.4) is 0 Å². The molecule has 0 saturated heterocycles. The van der Waals surface area contributed by atoms with E-state index in [9.17, 15) is 0 Å². The predicted molar refractivity (Wildman–Crippen MR) is 53.4 cm³/mol. The molecule has 0 N–H and O–H groups in total. The zero-order valence-corrected chi connectivity index (χ0v) is 8.66. The molecule has 74 valence electrons. The lowest BCUT2D eigenvalue weighted by Gasteiger charge is -2.22. The number of rotatable bonds is 6. The first-order valence-electron chi connectivity index (χ1n) is 4.99. The number of hydrogen-bond acceptors (Lipinski definition) is 3. The summed E-state index contributed by atoms with van der Waals surface area (Å²) < 4.78 is 0. The fourth-order valence-corrected chi connectivity index (χ4v) is 1.44. The number of likely N-dealkylation sites (N-methyl/N-ethyl adjacent to an activating group) is 1. The van der Waals surface area contributed by atoms with Gasteiger partial charge >= 0.3 is 0 Å². The van der Waals surface area contributed by atoms with E-state index < -0.39 is 0 Å². The van der Waals surface area contributed by atoms with E-state index >= 15 is 0 Å². The van der Waals surface area contributed by atoms with Crippen molar-refractivity contribution in [1.82, 2.24) is 9.80 Å². The molecule has 0 heterocycles. The fourth-order valence-electron chi connectivity index (χ4n) is 1.44. The predicted octanol–water partition coefficient (Wildman–Crippen LogP) is 0.926. The van der Waals surface area contributed by atoms with Gasteiger partial charge < -0.3 is 4.90 Å². The van der Waals surface area contributed by atoms with Crippen molar-refractivity contribution in [3.05, 3.63) is 0 Å². The minimum Gasteiger partial charge on any atom is -0.308 e. The van der Waals surface area contributed by atoms with Gasteiger partial charge in [0.15, 0.2) is 0 Å². The van der Waals surface area contributed by atoms with Gasteiger partial charge in [-0.15, -0.1) is 0 Å². The Hall–Kier alpha value is -0.590. The Kier molecular flexibility index (Phi) is 4.20. The molecular weight excluding hydrogens is 162 g/mol. The van der Waals surface area contributed by atoms with Gasteiger partial charge in [0.05, 0.1) is 6.07 Å². The summed E-state index contributed by atoms with van der Waals surface area (Å²) in [5.74, 6) is 0. The van der Waals surface area contributed by atoms with Crippen LogP contribution >= 0.6 is 0 Å². The molecule has 1 aliphatic rings. The first-order chi connectivity index (χ1) is 6.24. The van der Waals surface area contributed by atoms with Crippen molar-refractivity contribution in [3.8, 4) is 6.07 Å². The van der Waals surface area contributed by atoms with Gasteiger partial charge in [-0.1, -0.05) is 0 Å². The molecule has 0 aromatic heterocycles. The molecule has 0 amide bonds. The fraction of sp³-hybridized carbons (Fsp3) is 0.900. The Bertz CT molecular complexity index is 179. The molecule has 1 fully saturated rings. The lowest BCUT2D eigenvalue weighted by Crippen LogP contribution is -2.34. The summed E-state index contributed by atoms with van der Waals surface area (Å²) in [6.45, 7) is 3.16. The van der Waals surface area contributed by atoms with Gasteiger partial charge in [-0.25, -0.2) is 0 Å². The third kappa shape index (κ3) is 4.25. The van der Waals surface area contributed by atoms with Gasteiger partial charge in [0.1, 0.15) is 0 Å². The van der Waals surface area contributed by atoms with Gasteiger partial charge in [0.2, 0.25) is 0 Å². The van der Waals surface area contributed by atoms with Crippen LogP contribution < -0.4 is 0 Å².